The quantitative estimate of drug-likeness (QED) is 0.442. The first-order chi connectivity index (χ1) is 8.08. The number of benzene rings is 1. The molecule has 1 aromatic rings. The predicted molar refractivity (Wildman–Crippen MR) is 65.6 cm³/mol. The van der Waals surface area contributed by atoms with Crippen molar-refractivity contribution in [3.63, 3.8) is 0 Å². The monoisotopic (exact) mass is 258 g/mol. The van der Waals surface area contributed by atoms with Gasteiger partial charge in [-0.3, -0.25) is 4.79 Å². The molecular weight excluding hydrogens is 244 g/mol. The van der Waals surface area contributed by atoms with Gasteiger partial charge in [0.05, 0.1) is 12.6 Å². The predicted octanol–water partition coefficient (Wildman–Crippen LogP) is 0.0181. The van der Waals surface area contributed by atoms with Crippen LogP contribution in [-0.4, -0.2) is 34.6 Å². The molecule has 0 radical (unpaired) electrons. The number of rotatable bonds is 5. The fourth-order valence-corrected chi connectivity index (χ4v) is 1.47. The van der Waals surface area contributed by atoms with Gasteiger partial charge in [0.15, 0.2) is 0 Å². The van der Waals surface area contributed by atoms with E-state index in [1.54, 1.807) is 24.3 Å². The zero-order chi connectivity index (χ0) is 12.8. The molecule has 5 N–H and O–H groups in total. The van der Waals surface area contributed by atoms with E-state index >= 15 is 0 Å². The van der Waals surface area contributed by atoms with Crippen LogP contribution in [0.5, 0.6) is 0 Å². The third kappa shape index (κ3) is 3.89. The van der Waals surface area contributed by atoms with Gasteiger partial charge in [-0.05, 0) is 17.7 Å². The Labute approximate surface area is 104 Å². The van der Waals surface area contributed by atoms with Crippen molar-refractivity contribution in [2.45, 2.75) is 12.1 Å². The number of nitrogens with one attached hydrogen (secondary N) is 1. The van der Waals surface area contributed by atoms with Crippen LogP contribution in [-0.2, 0) is 4.79 Å². The number of carbonyl (C=O) groups is 1. The van der Waals surface area contributed by atoms with Gasteiger partial charge in [-0.1, -0.05) is 12.1 Å². The minimum Gasteiger partial charge on any atom is -0.399 e. The Morgan fingerprint density at radius 2 is 2.00 bits per heavy atom. The zero-order valence-corrected chi connectivity index (χ0v) is 9.89. The molecule has 0 spiro atoms. The Kier molecular flexibility index (Phi) is 5.21. The Bertz CT molecular complexity index is 369. The van der Waals surface area contributed by atoms with Crippen LogP contribution in [0.25, 0.3) is 0 Å². The van der Waals surface area contributed by atoms with Gasteiger partial charge in [-0.15, -0.1) is 11.6 Å². The van der Waals surface area contributed by atoms with Crippen molar-refractivity contribution in [1.82, 2.24) is 5.32 Å². The standard InChI is InChI=1S/C11H15ClN2O3/c12-5-10(16)14-9(6-15)11(17)7-1-3-8(13)4-2-7/h1-4,9,11,15,17H,5-6,13H2,(H,14,16). The van der Waals surface area contributed by atoms with Crippen LogP contribution in [0.15, 0.2) is 24.3 Å². The first-order valence-corrected chi connectivity index (χ1v) is 5.61. The molecule has 1 amide bonds. The van der Waals surface area contributed by atoms with Crippen molar-refractivity contribution in [3.05, 3.63) is 29.8 Å². The number of halogens is 1. The van der Waals surface area contributed by atoms with Crippen molar-refractivity contribution in [3.8, 4) is 0 Å². The second kappa shape index (κ2) is 6.44. The van der Waals surface area contributed by atoms with Gasteiger partial charge in [0.25, 0.3) is 0 Å². The molecule has 0 saturated carbocycles. The molecule has 0 aromatic heterocycles. The van der Waals surface area contributed by atoms with Crippen LogP contribution < -0.4 is 11.1 Å². The van der Waals surface area contributed by atoms with Gasteiger partial charge in [-0.2, -0.15) is 0 Å². The number of aliphatic hydroxyl groups is 2. The lowest BCUT2D eigenvalue weighted by atomic mass is 10.0. The average Bonchev–Trinajstić information content (AvgIpc) is 2.35. The summed E-state index contributed by atoms with van der Waals surface area (Å²) in [5.41, 5.74) is 6.66. The van der Waals surface area contributed by atoms with Crippen LogP contribution in [0.1, 0.15) is 11.7 Å². The number of hydrogen-bond donors (Lipinski definition) is 4. The Hall–Kier alpha value is -1.30. The molecule has 0 saturated heterocycles. The molecule has 5 nitrogen and oxygen atoms in total. The summed E-state index contributed by atoms with van der Waals surface area (Å²) >= 11 is 5.33. The van der Waals surface area contributed by atoms with E-state index < -0.39 is 18.1 Å². The summed E-state index contributed by atoms with van der Waals surface area (Å²) in [7, 11) is 0. The minimum absolute atomic E-state index is 0.217. The summed E-state index contributed by atoms with van der Waals surface area (Å²) in [4.78, 5) is 11.1. The Balaban J connectivity index is 2.74. The van der Waals surface area contributed by atoms with Crippen molar-refractivity contribution < 1.29 is 15.0 Å². The summed E-state index contributed by atoms with van der Waals surface area (Å²) < 4.78 is 0. The summed E-state index contributed by atoms with van der Waals surface area (Å²) in [5.74, 6) is -0.662. The molecule has 94 valence electrons. The Morgan fingerprint density at radius 3 is 2.47 bits per heavy atom. The highest BCUT2D eigenvalue weighted by Crippen LogP contribution is 2.18. The van der Waals surface area contributed by atoms with Gasteiger partial charge >= 0.3 is 0 Å². The summed E-state index contributed by atoms with van der Waals surface area (Å²) in [6, 6.07) is 5.75. The second-order valence-electron chi connectivity index (χ2n) is 3.60. The third-order valence-electron chi connectivity index (χ3n) is 2.32. The molecule has 0 aliphatic rings. The molecule has 0 bridgehead atoms. The summed E-state index contributed by atoms with van der Waals surface area (Å²) in [6.07, 6.45) is -1.01. The van der Waals surface area contributed by atoms with E-state index in [-0.39, 0.29) is 12.5 Å². The van der Waals surface area contributed by atoms with E-state index in [9.17, 15) is 9.90 Å². The van der Waals surface area contributed by atoms with Crippen LogP contribution >= 0.6 is 11.6 Å². The first kappa shape index (κ1) is 13.8. The average molecular weight is 259 g/mol. The largest absolute Gasteiger partial charge is 0.399 e. The van der Waals surface area contributed by atoms with Crippen molar-refractivity contribution in [1.29, 1.82) is 0 Å². The number of alkyl halides is 1. The molecule has 2 atom stereocenters. The van der Waals surface area contributed by atoms with Gasteiger partial charge in [0, 0.05) is 5.69 Å². The molecule has 0 aliphatic carbocycles. The van der Waals surface area contributed by atoms with E-state index in [0.717, 1.165) is 0 Å². The maximum absolute atomic E-state index is 11.1. The lowest BCUT2D eigenvalue weighted by Gasteiger charge is -2.22. The molecule has 0 aliphatic heterocycles. The first-order valence-electron chi connectivity index (χ1n) is 5.08. The van der Waals surface area contributed by atoms with Crippen molar-refractivity contribution in [2.24, 2.45) is 0 Å². The lowest BCUT2D eigenvalue weighted by molar-refractivity contribution is -0.120. The van der Waals surface area contributed by atoms with Gasteiger partial charge in [-0.25, -0.2) is 0 Å². The summed E-state index contributed by atoms with van der Waals surface area (Å²) in [6.45, 7) is -0.381. The summed E-state index contributed by atoms with van der Waals surface area (Å²) in [5, 5.41) is 21.5. The third-order valence-corrected chi connectivity index (χ3v) is 2.57. The fourth-order valence-electron chi connectivity index (χ4n) is 1.40. The number of nitrogens with two attached hydrogens (primary N) is 1. The SMILES string of the molecule is Nc1ccc(C(O)C(CO)NC(=O)CCl)cc1. The highest BCUT2D eigenvalue weighted by atomic mass is 35.5. The number of nitrogen functional groups attached to an aromatic ring is 1. The Morgan fingerprint density at radius 1 is 1.41 bits per heavy atom. The molecule has 17 heavy (non-hydrogen) atoms. The normalized spacial score (nSPS) is 14.1. The highest BCUT2D eigenvalue weighted by Gasteiger charge is 2.21. The fraction of sp³-hybridized carbons (Fsp3) is 0.364. The molecule has 0 fully saturated rings. The number of hydrogen-bond acceptors (Lipinski definition) is 4. The maximum Gasteiger partial charge on any atom is 0.235 e. The zero-order valence-electron chi connectivity index (χ0n) is 9.14. The minimum atomic E-state index is -1.01. The van der Waals surface area contributed by atoms with Crippen LogP contribution in [0.2, 0.25) is 0 Å². The van der Waals surface area contributed by atoms with Crippen LogP contribution in [0.4, 0.5) is 5.69 Å². The number of aliphatic hydroxyl groups excluding tert-OH is 2. The molecule has 1 aromatic carbocycles. The topological polar surface area (TPSA) is 95.6 Å². The number of amides is 1. The lowest BCUT2D eigenvalue weighted by Crippen LogP contribution is -2.42. The van der Waals surface area contributed by atoms with E-state index in [4.69, 9.17) is 22.4 Å². The smallest absolute Gasteiger partial charge is 0.235 e. The molecule has 6 heteroatoms. The van der Waals surface area contributed by atoms with E-state index in [1.807, 2.05) is 0 Å². The van der Waals surface area contributed by atoms with Crippen LogP contribution in [0, 0.1) is 0 Å². The van der Waals surface area contributed by atoms with E-state index in [1.165, 1.54) is 0 Å². The van der Waals surface area contributed by atoms with E-state index in [0.29, 0.717) is 11.3 Å². The maximum atomic E-state index is 11.1. The molecular formula is C11H15ClN2O3. The number of carbonyl (C=O) groups excluding carboxylic acids is 1. The van der Waals surface area contributed by atoms with Crippen molar-refractivity contribution >= 4 is 23.2 Å². The van der Waals surface area contributed by atoms with Crippen LogP contribution in [0.3, 0.4) is 0 Å². The van der Waals surface area contributed by atoms with E-state index in [2.05, 4.69) is 5.32 Å². The van der Waals surface area contributed by atoms with Crippen molar-refractivity contribution in [2.75, 3.05) is 18.2 Å². The second-order valence-corrected chi connectivity index (χ2v) is 3.87. The van der Waals surface area contributed by atoms with Gasteiger partial charge in [0.1, 0.15) is 12.0 Å². The van der Waals surface area contributed by atoms with Gasteiger partial charge < -0.3 is 21.3 Å². The molecule has 0 heterocycles. The molecule has 2 unspecified atom stereocenters. The number of anilines is 1. The van der Waals surface area contributed by atoms with Gasteiger partial charge in [0.2, 0.25) is 5.91 Å². The molecule has 1 rings (SSSR count). The highest BCUT2D eigenvalue weighted by molar-refractivity contribution is 6.27.